The number of rotatable bonds is 1. The quantitative estimate of drug-likeness (QED) is 0.665. The number of benzene rings is 1. The lowest BCUT2D eigenvalue weighted by atomic mass is 10.2. The number of aromatic nitrogens is 2. The smallest absolute Gasteiger partial charge is 0.259 e. The standard InChI is InChI=1S/C10H8N2O2/c1-6(13)9-11-8-5-3-2-4-7(8)10(14)12-9/h2-5,13H,1H2,(H,11,12,14). The van der Waals surface area contributed by atoms with Crippen LogP contribution in [0.1, 0.15) is 5.82 Å². The Balaban J connectivity index is 2.86. The number of nitrogens with one attached hydrogen (secondary N) is 1. The molecular formula is C10H8N2O2. The highest BCUT2D eigenvalue weighted by atomic mass is 16.3. The molecule has 2 rings (SSSR count). The molecule has 1 aromatic heterocycles. The fraction of sp³-hybridized carbons (Fsp3) is 0. The molecule has 0 unspecified atom stereocenters. The van der Waals surface area contributed by atoms with Crippen LogP contribution in [0.3, 0.4) is 0 Å². The SMILES string of the molecule is C=C(O)c1nc2ccccc2c(=O)[nH]1. The minimum Gasteiger partial charge on any atom is -0.505 e. The Bertz CT molecular complexity index is 557. The van der Waals surface area contributed by atoms with E-state index in [2.05, 4.69) is 16.5 Å². The molecule has 70 valence electrons. The van der Waals surface area contributed by atoms with E-state index in [1.807, 2.05) is 0 Å². The van der Waals surface area contributed by atoms with Gasteiger partial charge in [0.1, 0.15) is 0 Å². The summed E-state index contributed by atoms with van der Waals surface area (Å²) in [5.41, 5.74) is 0.266. The van der Waals surface area contributed by atoms with Crippen LogP contribution in [0.25, 0.3) is 16.7 Å². The van der Waals surface area contributed by atoms with Gasteiger partial charge in [0.25, 0.3) is 5.56 Å². The fourth-order valence-corrected chi connectivity index (χ4v) is 1.22. The zero-order valence-electron chi connectivity index (χ0n) is 7.32. The summed E-state index contributed by atoms with van der Waals surface area (Å²) in [5.74, 6) is -0.137. The van der Waals surface area contributed by atoms with Gasteiger partial charge in [-0.05, 0) is 12.1 Å². The zero-order chi connectivity index (χ0) is 10.1. The Morgan fingerprint density at radius 1 is 1.43 bits per heavy atom. The van der Waals surface area contributed by atoms with Gasteiger partial charge >= 0.3 is 0 Å². The van der Waals surface area contributed by atoms with Gasteiger partial charge in [-0.2, -0.15) is 0 Å². The predicted molar refractivity (Wildman–Crippen MR) is 54.0 cm³/mol. The Hall–Kier alpha value is -2.10. The largest absolute Gasteiger partial charge is 0.505 e. The molecule has 14 heavy (non-hydrogen) atoms. The summed E-state index contributed by atoms with van der Waals surface area (Å²) in [6, 6.07) is 6.91. The highest BCUT2D eigenvalue weighted by Crippen LogP contribution is 2.08. The van der Waals surface area contributed by atoms with E-state index in [1.165, 1.54) is 0 Å². The van der Waals surface area contributed by atoms with E-state index >= 15 is 0 Å². The Morgan fingerprint density at radius 3 is 2.86 bits per heavy atom. The number of aliphatic hydroxyl groups is 1. The van der Waals surface area contributed by atoms with Crippen molar-refractivity contribution in [3.8, 4) is 0 Å². The van der Waals surface area contributed by atoms with Crippen LogP contribution in [0.5, 0.6) is 0 Å². The highest BCUT2D eigenvalue weighted by Gasteiger charge is 2.03. The number of fused-ring (bicyclic) bond motifs is 1. The first-order valence-corrected chi connectivity index (χ1v) is 4.06. The topological polar surface area (TPSA) is 66.0 Å². The molecule has 0 amide bonds. The molecule has 0 bridgehead atoms. The van der Waals surface area contributed by atoms with Gasteiger partial charge in [-0.15, -0.1) is 0 Å². The van der Waals surface area contributed by atoms with Crippen LogP contribution in [0, 0.1) is 0 Å². The molecule has 1 aromatic carbocycles. The van der Waals surface area contributed by atoms with E-state index in [-0.39, 0.29) is 17.1 Å². The van der Waals surface area contributed by atoms with Crippen molar-refractivity contribution in [3.05, 3.63) is 47.0 Å². The van der Waals surface area contributed by atoms with Crippen molar-refractivity contribution >= 4 is 16.7 Å². The van der Waals surface area contributed by atoms with E-state index in [0.29, 0.717) is 10.9 Å². The number of aromatic amines is 1. The first-order chi connectivity index (χ1) is 6.68. The number of hydrogen-bond acceptors (Lipinski definition) is 3. The number of aliphatic hydroxyl groups excluding tert-OH is 1. The number of hydrogen-bond donors (Lipinski definition) is 2. The molecule has 0 fully saturated rings. The lowest BCUT2D eigenvalue weighted by Gasteiger charge is -1.99. The van der Waals surface area contributed by atoms with Crippen molar-refractivity contribution in [2.24, 2.45) is 0 Å². The van der Waals surface area contributed by atoms with Gasteiger partial charge < -0.3 is 10.1 Å². The third-order valence-corrected chi connectivity index (χ3v) is 1.89. The van der Waals surface area contributed by atoms with E-state index in [1.54, 1.807) is 24.3 Å². The predicted octanol–water partition coefficient (Wildman–Crippen LogP) is 1.45. The Morgan fingerprint density at radius 2 is 2.14 bits per heavy atom. The van der Waals surface area contributed by atoms with E-state index < -0.39 is 0 Å². The van der Waals surface area contributed by atoms with E-state index in [9.17, 15) is 4.79 Å². The van der Waals surface area contributed by atoms with Gasteiger partial charge in [-0.25, -0.2) is 4.98 Å². The first-order valence-electron chi connectivity index (χ1n) is 4.06. The molecule has 2 N–H and O–H groups in total. The average molecular weight is 188 g/mol. The monoisotopic (exact) mass is 188 g/mol. The van der Waals surface area contributed by atoms with Crippen LogP contribution in [0.2, 0.25) is 0 Å². The summed E-state index contributed by atoms with van der Waals surface area (Å²) in [6.45, 7) is 3.30. The Kier molecular flexibility index (Phi) is 1.81. The second kappa shape index (κ2) is 2.99. The van der Waals surface area contributed by atoms with Gasteiger partial charge in [0.05, 0.1) is 10.9 Å². The normalized spacial score (nSPS) is 10.3. The summed E-state index contributed by atoms with van der Waals surface area (Å²) in [7, 11) is 0. The minimum absolute atomic E-state index is 0.105. The van der Waals surface area contributed by atoms with Crippen LogP contribution in [0.4, 0.5) is 0 Å². The van der Waals surface area contributed by atoms with Crippen LogP contribution >= 0.6 is 0 Å². The third-order valence-electron chi connectivity index (χ3n) is 1.89. The van der Waals surface area contributed by atoms with Crippen LogP contribution in [-0.2, 0) is 0 Å². The maximum absolute atomic E-state index is 11.5. The molecule has 0 aliphatic carbocycles. The van der Waals surface area contributed by atoms with Crippen molar-refractivity contribution in [2.75, 3.05) is 0 Å². The van der Waals surface area contributed by atoms with Crippen molar-refractivity contribution in [2.45, 2.75) is 0 Å². The molecular weight excluding hydrogens is 180 g/mol. The number of H-pyrrole nitrogens is 1. The van der Waals surface area contributed by atoms with Crippen molar-refractivity contribution in [1.82, 2.24) is 9.97 Å². The lowest BCUT2D eigenvalue weighted by molar-refractivity contribution is 0.507. The van der Waals surface area contributed by atoms with E-state index in [4.69, 9.17) is 5.11 Å². The molecule has 0 spiro atoms. The fourth-order valence-electron chi connectivity index (χ4n) is 1.22. The summed E-state index contributed by atoms with van der Waals surface area (Å²) >= 11 is 0. The maximum Gasteiger partial charge on any atom is 0.259 e. The highest BCUT2D eigenvalue weighted by molar-refractivity contribution is 5.78. The van der Waals surface area contributed by atoms with Crippen LogP contribution < -0.4 is 5.56 Å². The van der Waals surface area contributed by atoms with Crippen LogP contribution in [-0.4, -0.2) is 15.1 Å². The second-order valence-electron chi connectivity index (χ2n) is 2.88. The summed E-state index contributed by atoms with van der Waals surface area (Å²) < 4.78 is 0. The van der Waals surface area contributed by atoms with Gasteiger partial charge in [0.15, 0.2) is 11.6 Å². The first kappa shape index (κ1) is 8.50. The molecule has 0 aliphatic rings. The summed E-state index contributed by atoms with van der Waals surface area (Å²) in [5, 5.41) is 9.58. The molecule has 0 atom stereocenters. The maximum atomic E-state index is 11.5. The van der Waals surface area contributed by atoms with Gasteiger partial charge in [-0.1, -0.05) is 18.7 Å². The lowest BCUT2D eigenvalue weighted by Crippen LogP contribution is -2.10. The summed E-state index contributed by atoms with van der Waals surface area (Å²) in [4.78, 5) is 17.9. The summed E-state index contributed by atoms with van der Waals surface area (Å²) in [6.07, 6.45) is 0. The minimum atomic E-state index is -0.277. The zero-order valence-corrected chi connectivity index (χ0v) is 7.32. The van der Waals surface area contributed by atoms with E-state index in [0.717, 1.165) is 0 Å². The van der Waals surface area contributed by atoms with Gasteiger partial charge in [-0.3, -0.25) is 4.79 Å². The van der Waals surface area contributed by atoms with Crippen molar-refractivity contribution < 1.29 is 5.11 Å². The van der Waals surface area contributed by atoms with Gasteiger partial charge in [0, 0.05) is 0 Å². The third kappa shape index (κ3) is 1.26. The molecule has 4 nitrogen and oxygen atoms in total. The second-order valence-corrected chi connectivity index (χ2v) is 2.88. The van der Waals surface area contributed by atoms with Crippen molar-refractivity contribution in [3.63, 3.8) is 0 Å². The molecule has 2 aromatic rings. The molecule has 4 heteroatoms. The van der Waals surface area contributed by atoms with Crippen LogP contribution in [0.15, 0.2) is 35.6 Å². The Labute approximate surface area is 79.5 Å². The number of nitrogens with zero attached hydrogens (tertiary/aromatic N) is 1. The van der Waals surface area contributed by atoms with Crippen molar-refractivity contribution in [1.29, 1.82) is 0 Å². The molecule has 0 radical (unpaired) electrons. The molecule has 0 saturated carbocycles. The number of para-hydroxylation sites is 1. The van der Waals surface area contributed by atoms with Gasteiger partial charge in [0.2, 0.25) is 0 Å². The average Bonchev–Trinajstić information content (AvgIpc) is 2.17. The molecule has 0 aliphatic heterocycles. The molecule has 1 heterocycles. The molecule has 0 saturated heterocycles.